The Hall–Kier alpha value is -1.68. The second kappa shape index (κ2) is 10.1. The second-order valence-corrected chi connectivity index (χ2v) is 11.1. The third-order valence-electron chi connectivity index (χ3n) is 5.90. The lowest BCUT2D eigenvalue weighted by molar-refractivity contribution is -0.141. The van der Waals surface area contributed by atoms with Crippen LogP contribution in [0.3, 0.4) is 0 Å². The summed E-state index contributed by atoms with van der Waals surface area (Å²) < 4.78 is 38.7. The highest BCUT2D eigenvalue weighted by Gasteiger charge is 2.34. The Morgan fingerprint density at radius 3 is 2.31 bits per heavy atom. The van der Waals surface area contributed by atoms with E-state index < -0.39 is 22.1 Å². The summed E-state index contributed by atoms with van der Waals surface area (Å²) in [6.45, 7) is 8.94. The molecule has 1 aromatic rings. The largest absolute Gasteiger partial charge is 0.449 e. The molecule has 2 aliphatic heterocycles. The van der Waals surface area contributed by atoms with Crippen molar-refractivity contribution in [1.29, 1.82) is 0 Å². The van der Waals surface area contributed by atoms with E-state index in [0.29, 0.717) is 19.0 Å². The molecule has 10 heteroatoms. The van der Waals surface area contributed by atoms with Crippen LogP contribution < -0.4 is 0 Å². The van der Waals surface area contributed by atoms with Crippen LogP contribution in [0, 0.1) is 5.92 Å². The number of nitrogens with zero attached hydrogens (tertiary/aromatic N) is 2. The van der Waals surface area contributed by atoms with Gasteiger partial charge >= 0.3 is 5.97 Å². The van der Waals surface area contributed by atoms with Crippen LogP contribution in [-0.4, -0.2) is 74.0 Å². The number of carbonyl (C=O) groups excluding carboxylic acids is 2. The number of morpholine rings is 1. The highest BCUT2D eigenvalue weighted by molar-refractivity contribution is 7.89. The van der Waals surface area contributed by atoms with Crippen molar-refractivity contribution in [2.45, 2.75) is 63.7 Å². The molecule has 2 heterocycles. The summed E-state index contributed by atoms with van der Waals surface area (Å²) in [4.78, 5) is 26.9. The van der Waals surface area contributed by atoms with Crippen molar-refractivity contribution in [2.75, 3.05) is 26.2 Å². The Morgan fingerprint density at radius 2 is 1.72 bits per heavy atom. The Morgan fingerprint density at radius 1 is 1.12 bits per heavy atom. The number of hydrogen-bond acceptors (Lipinski definition) is 6. The SMILES string of the molecule is CC1CCN(C(=O)[C@H](C)OC(=O)c2ccc(Cl)c(S(=O)(=O)N3C[C@@H](C)O[C@H](C)C3)c2)CC1. The van der Waals surface area contributed by atoms with E-state index in [9.17, 15) is 18.0 Å². The van der Waals surface area contributed by atoms with Crippen molar-refractivity contribution < 1.29 is 27.5 Å². The summed E-state index contributed by atoms with van der Waals surface area (Å²) in [5, 5.41) is 0.0138. The lowest BCUT2D eigenvalue weighted by atomic mass is 9.99. The van der Waals surface area contributed by atoms with Crippen LogP contribution in [0.1, 0.15) is 50.9 Å². The van der Waals surface area contributed by atoms with Crippen LogP contribution in [0.25, 0.3) is 0 Å². The number of carbonyl (C=O) groups is 2. The highest BCUT2D eigenvalue weighted by Crippen LogP contribution is 2.28. The van der Waals surface area contributed by atoms with Crippen molar-refractivity contribution >= 4 is 33.5 Å². The minimum absolute atomic E-state index is 0.0138. The van der Waals surface area contributed by atoms with E-state index >= 15 is 0 Å². The molecule has 1 aromatic carbocycles. The quantitative estimate of drug-likeness (QED) is 0.594. The lowest BCUT2D eigenvalue weighted by Gasteiger charge is -2.34. The van der Waals surface area contributed by atoms with Gasteiger partial charge in [0.15, 0.2) is 6.10 Å². The number of rotatable bonds is 5. The monoisotopic (exact) mass is 486 g/mol. The molecule has 2 fully saturated rings. The van der Waals surface area contributed by atoms with E-state index in [1.165, 1.54) is 29.4 Å². The molecule has 0 radical (unpaired) electrons. The average Bonchev–Trinajstić information content (AvgIpc) is 2.73. The normalized spacial score (nSPS) is 24.2. The van der Waals surface area contributed by atoms with Gasteiger partial charge in [-0.15, -0.1) is 0 Å². The number of ether oxygens (including phenoxy) is 2. The maximum Gasteiger partial charge on any atom is 0.338 e. The molecule has 8 nitrogen and oxygen atoms in total. The number of amides is 1. The first-order chi connectivity index (χ1) is 15.0. The van der Waals surface area contributed by atoms with Crippen LogP contribution in [0.2, 0.25) is 5.02 Å². The molecule has 0 aliphatic carbocycles. The number of esters is 1. The second-order valence-electron chi connectivity index (χ2n) is 8.78. The third kappa shape index (κ3) is 5.62. The molecule has 0 spiro atoms. The van der Waals surface area contributed by atoms with E-state index in [1.807, 2.05) is 0 Å². The fourth-order valence-corrected chi connectivity index (χ4v) is 6.15. The number of likely N-dealkylation sites (tertiary alicyclic amines) is 1. The fourth-order valence-electron chi connectivity index (χ4n) is 4.06. The number of benzene rings is 1. The van der Waals surface area contributed by atoms with Crippen LogP contribution in [-0.2, 0) is 24.3 Å². The Labute approximate surface area is 194 Å². The standard InChI is InChI=1S/C22H31ClN2O6S/c1-14-7-9-24(10-8-14)21(26)17(4)31-22(27)18-5-6-19(23)20(11-18)32(28,29)25-12-15(2)30-16(3)13-25/h5-6,11,14-17H,7-10,12-13H2,1-4H3/t15-,16-,17+/m1/s1. The molecule has 0 N–H and O–H groups in total. The molecule has 32 heavy (non-hydrogen) atoms. The zero-order valence-corrected chi connectivity index (χ0v) is 20.5. The lowest BCUT2D eigenvalue weighted by Crippen LogP contribution is -2.48. The average molecular weight is 487 g/mol. The van der Waals surface area contributed by atoms with Crippen molar-refractivity contribution in [3.8, 4) is 0 Å². The van der Waals surface area contributed by atoms with Crippen LogP contribution in [0.5, 0.6) is 0 Å². The van der Waals surface area contributed by atoms with E-state index in [-0.39, 0.29) is 46.7 Å². The third-order valence-corrected chi connectivity index (χ3v) is 8.21. The van der Waals surface area contributed by atoms with Crippen LogP contribution >= 0.6 is 11.6 Å². The number of piperidine rings is 1. The molecule has 2 aliphatic rings. The number of halogens is 1. The van der Waals surface area contributed by atoms with Crippen molar-refractivity contribution in [1.82, 2.24) is 9.21 Å². The Bertz CT molecular complexity index is 951. The molecule has 1 amide bonds. The molecule has 2 saturated heterocycles. The number of sulfonamides is 1. The van der Waals surface area contributed by atoms with Gasteiger partial charge in [0.05, 0.1) is 22.8 Å². The first-order valence-electron chi connectivity index (χ1n) is 10.9. The van der Waals surface area contributed by atoms with Crippen LogP contribution in [0.4, 0.5) is 0 Å². The van der Waals surface area contributed by atoms with E-state index in [1.54, 1.807) is 18.7 Å². The summed E-state index contributed by atoms with van der Waals surface area (Å²) in [5.41, 5.74) is 0.0225. The van der Waals surface area contributed by atoms with E-state index in [4.69, 9.17) is 21.1 Å². The molecule has 0 saturated carbocycles. The molecule has 0 aromatic heterocycles. The number of hydrogen-bond donors (Lipinski definition) is 0. The predicted molar refractivity (Wildman–Crippen MR) is 120 cm³/mol. The van der Waals surface area contributed by atoms with E-state index in [2.05, 4.69) is 6.92 Å². The molecule has 0 bridgehead atoms. The Kier molecular flexibility index (Phi) is 7.85. The van der Waals surface area contributed by atoms with Crippen LogP contribution in [0.15, 0.2) is 23.1 Å². The van der Waals surface area contributed by atoms with Crippen molar-refractivity contribution in [3.63, 3.8) is 0 Å². The minimum Gasteiger partial charge on any atom is -0.449 e. The summed E-state index contributed by atoms with van der Waals surface area (Å²) >= 11 is 6.20. The minimum atomic E-state index is -3.94. The summed E-state index contributed by atoms with van der Waals surface area (Å²) in [6, 6.07) is 3.97. The zero-order chi connectivity index (χ0) is 23.6. The van der Waals surface area contributed by atoms with Gasteiger partial charge in [0.2, 0.25) is 10.0 Å². The van der Waals surface area contributed by atoms with Gasteiger partial charge in [-0.05, 0) is 57.7 Å². The van der Waals surface area contributed by atoms with Crippen molar-refractivity contribution in [2.24, 2.45) is 5.92 Å². The Balaban J connectivity index is 1.74. The van der Waals surface area contributed by atoms with Gasteiger partial charge in [-0.2, -0.15) is 4.31 Å². The first kappa shape index (κ1) is 25.0. The van der Waals surface area contributed by atoms with Gasteiger partial charge in [0.1, 0.15) is 4.90 Å². The zero-order valence-electron chi connectivity index (χ0n) is 18.9. The van der Waals surface area contributed by atoms with E-state index in [0.717, 1.165) is 12.8 Å². The van der Waals surface area contributed by atoms with Gasteiger partial charge in [0.25, 0.3) is 5.91 Å². The van der Waals surface area contributed by atoms with Gasteiger partial charge < -0.3 is 14.4 Å². The first-order valence-corrected chi connectivity index (χ1v) is 12.8. The molecule has 3 atom stereocenters. The maximum atomic E-state index is 13.2. The summed E-state index contributed by atoms with van der Waals surface area (Å²) in [6.07, 6.45) is 0.357. The van der Waals surface area contributed by atoms with Gasteiger partial charge in [0, 0.05) is 26.2 Å². The van der Waals surface area contributed by atoms with Gasteiger partial charge in [-0.25, -0.2) is 13.2 Å². The summed E-state index contributed by atoms with van der Waals surface area (Å²) in [5.74, 6) is -0.444. The molecular weight excluding hydrogens is 456 g/mol. The van der Waals surface area contributed by atoms with Gasteiger partial charge in [-0.1, -0.05) is 18.5 Å². The molecule has 178 valence electrons. The molecule has 0 unspecified atom stereocenters. The maximum absolute atomic E-state index is 13.2. The predicted octanol–water partition coefficient (Wildman–Crippen LogP) is 2.94. The van der Waals surface area contributed by atoms with Gasteiger partial charge in [-0.3, -0.25) is 4.79 Å². The topological polar surface area (TPSA) is 93.2 Å². The fraction of sp³-hybridized carbons (Fsp3) is 0.636. The smallest absolute Gasteiger partial charge is 0.338 e. The highest BCUT2D eigenvalue weighted by atomic mass is 35.5. The molecular formula is C22H31ClN2O6S. The van der Waals surface area contributed by atoms with Crippen molar-refractivity contribution in [3.05, 3.63) is 28.8 Å². The summed E-state index contributed by atoms with van der Waals surface area (Å²) in [7, 11) is -3.94. The molecule has 3 rings (SSSR count).